The summed E-state index contributed by atoms with van der Waals surface area (Å²) in [7, 11) is 1.29. The van der Waals surface area contributed by atoms with Gasteiger partial charge in [0.15, 0.2) is 0 Å². The fraction of sp³-hybridized carbons (Fsp3) is 0.500. The van der Waals surface area contributed by atoms with E-state index in [-0.39, 0.29) is 20.9 Å². The third-order valence-corrected chi connectivity index (χ3v) is 4.53. The molecule has 0 aromatic heterocycles. The molecular formula is C10H12N2O4Se. The van der Waals surface area contributed by atoms with Crippen molar-refractivity contribution in [3.05, 3.63) is 10.5 Å². The zero-order valence-corrected chi connectivity index (χ0v) is 11.1. The van der Waals surface area contributed by atoms with Crippen LogP contribution >= 0.6 is 0 Å². The van der Waals surface area contributed by atoms with E-state index in [0.29, 0.717) is 17.7 Å². The van der Waals surface area contributed by atoms with Crippen molar-refractivity contribution < 1.29 is 19.1 Å². The van der Waals surface area contributed by atoms with Crippen LogP contribution in [-0.4, -0.2) is 69.9 Å². The summed E-state index contributed by atoms with van der Waals surface area (Å²) in [6, 6.07) is 0. The van der Waals surface area contributed by atoms with Gasteiger partial charge in [0.05, 0.1) is 0 Å². The molecule has 0 spiro atoms. The summed E-state index contributed by atoms with van der Waals surface area (Å²) in [4.78, 5) is 28.7. The van der Waals surface area contributed by atoms with Gasteiger partial charge in [0, 0.05) is 0 Å². The van der Waals surface area contributed by atoms with Gasteiger partial charge in [-0.1, -0.05) is 0 Å². The molecule has 7 heteroatoms. The number of esters is 1. The van der Waals surface area contributed by atoms with Gasteiger partial charge in [0.2, 0.25) is 0 Å². The molecule has 0 unspecified atom stereocenters. The van der Waals surface area contributed by atoms with Crippen LogP contribution in [0.5, 0.6) is 0 Å². The average Bonchev–Trinajstić information content (AvgIpc) is 2.72. The van der Waals surface area contributed by atoms with Crippen molar-refractivity contribution in [2.45, 2.75) is 0 Å². The molecule has 2 aliphatic heterocycles. The predicted molar refractivity (Wildman–Crippen MR) is 60.7 cm³/mol. The van der Waals surface area contributed by atoms with Crippen LogP contribution in [0.25, 0.3) is 0 Å². The molecule has 0 radical (unpaired) electrons. The second kappa shape index (κ2) is 5.44. The van der Waals surface area contributed by atoms with Crippen LogP contribution in [0.15, 0.2) is 15.5 Å². The molecule has 2 heterocycles. The first kappa shape index (κ1) is 12.3. The number of hydrogen-bond donors (Lipinski definition) is 0. The van der Waals surface area contributed by atoms with E-state index in [1.165, 1.54) is 13.2 Å². The Bertz CT molecular complexity index is 399. The summed E-state index contributed by atoms with van der Waals surface area (Å²) < 4.78 is 11.0. The molecule has 0 aromatic carbocycles. The number of methoxy groups -OCH3 is 1. The summed E-state index contributed by atoms with van der Waals surface area (Å²) >= 11 is -0.206. The fourth-order valence-corrected chi connectivity index (χ4v) is 3.39. The van der Waals surface area contributed by atoms with Crippen molar-refractivity contribution in [3.63, 3.8) is 0 Å². The van der Waals surface area contributed by atoms with Crippen molar-refractivity contribution in [1.29, 1.82) is 0 Å². The molecule has 1 saturated heterocycles. The van der Waals surface area contributed by atoms with E-state index >= 15 is 0 Å². The number of ether oxygens (including phenoxy) is 2. The predicted octanol–water partition coefficient (Wildman–Crippen LogP) is -1.02. The summed E-state index contributed by atoms with van der Waals surface area (Å²) in [6.45, 7) is 2.80. The molecule has 1 fully saturated rings. The van der Waals surface area contributed by atoms with Crippen LogP contribution in [0, 0.1) is 0 Å². The van der Waals surface area contributed by atoms with Crippen molar-refractivity contribution >= 4 is 31.6 Å². The first-order chi connectivity index (χ1) is 8.20. The Balaban J connectivity index is 2.04. The van der Waals surface area contributed by atoms with Crippen LogP contribution in [0.1, 0.15) is 0 Å². The van der Waals surface area contributed by atoms with Crippen molar-refractivity contribution in [2.24, 2.45) is 4.99 Å². The number of rotatable bonds is 1. The molecule has 92 valence electrons. The van der Waals surface area contributed by atoms with Crippen LogP contribution in [0.2, 0.25) is 0 Å². The monoisotopic (exact) mass is 304 g/mol. The molecule has 0 atom stereocenters. The van der Waals surface area contributed by atoms with Gasteiger partial charge in [0.25, 0.3) is 0 Å². The Morgan fingerprint density at radius 2 is 2.24 bits per heavy atom. The first-order valence-corrected chi connectivity index (χ1v) is 6.85. The molecule has 0 N–H and O–H groups in total. The number of amides is 1. The normalized spacial score (nSPS) is 22.9. The Kier molecular flexibility index (Phi) is 3.93. The maximum absolute atomic E-state index is 11.6. The van der Waals surface area contributed by atoms with E-state index in [9.17, 15) is 9.59 Å². The van der Waals surface area contributed by atoms with Gasteiger partial charge >= 0.3 is 104 Å². The van der Waals surface area contributed by atoms with E-state index in [4.69, 9.17) is 4.74 Å². The molecule has 2 aliphatic rings. The molecule has 1 amide bonds. The number of morpholine rings is 1. The van der Waals surface area contributed by atoms with E-state index in [1.807, 2.05) is 4.90 Å². The van der Waals surface area contributed by atoms with Gasteiger partial charge in [-0.15, -0.1) is 0 Å². The topological polar surface area (TPSA) is 68.2 Å². The Hall–Kier alpha value is -1.17. The number of carbonyl (C=O) groups is 2. The average molecular weight is 303 g/mol. The van der Waals surface area contributed by atoms with E-state index in [1.54, 1.807) is 0 Å². The van der Waals surface area contributed by atoms with Crippen molar-refractivity contribution in [3.8, 4) is 0 Å². The van der Waals surface area contributed by atoms with Gasteiger partial charge in [0.1, 0.15) is 0 Å². The number of hydrogen-bond acceptors (Lipinski definition) is 5. The van der Waals surface area contributed by atoms with Gasteiger partial charge < -0.3 is 0 Å². The molecule has 0 aromatic rings. The Morgan fingerprint density at radius 1 is 1.53 bits per heavy atom. The molecule has 6 nitrogen and oxygen atoms in total. The molecule has 2 rings (SSSR count). The van der Waals surface area contributed by atoms with Gasteiger partial charge in [-0.05, 0) is 0 Å². The fourth-order valence-electron chi connectivity index (χ4n) is 1.45. The van der Waals surface area contributed by atoms with E-state index in [0.717, 1.165) is 17.8 Å². The minimum absolute atomic E-state index is 0.206. The van der Waals surface area contributed by atoms with Crippen LogP contribution in [-0.2, 0) is 19.1 Å². The third-order valence-electron chi connectivity index (χ3n) is 2.34. The molecule has 0 aliphatic carbocycles. The van der Waals surface area contributed by atoms with Crippen LogP contribution in [0.4, 0.5) is 0 Å². The Morgan fingerprint density at radius 3 is 2.88 bits per heavy atom. The number of nitrogens with zero attached hydrogens (tertiary/aromatic N) is 2. The second-order valence-corrected chi connectivity index (χ2v) is 5.55. The molecule has 0 saturated carbocycles. The minimum atomic E-state index is -0.506. The van der Waals surface area contributed by atoms with Gasteiger partial charge in [-0.3, -0.25) is 0 Å². The van der Waals surface area contributed by atoms with E-state index < -0.39 is 5.97 Å². The van der Waals surface area contributed by atoms with Crippen LogP contribution in [0.3, 0.4) is 0 Å². The van der Waals surface area contributed by atoms with Crippen molar-refractivity contribution in [1.82, 2.24) is 4.90 Å². The van der Waals surface area contributed by atoms with Crippen LogP contribution < -0.4 is 0 Å². The number of amidine groups is 1. The summed E-state index contributed by atoms with van der Waals surface area (Å²) in [6.07, 6.45) is 1.24. The van der Waals surface area contributed by atoms with E-state index in [2.05, 4.69) is 9.73 Å². The zero-order valence-electron chi connectivity index (χ0n) is 9.34. The third kappa shape index (κ3) is 2.94. The standard InChI is InChI=1S/C10H12N2O4Se/c1-15-8(13)6-7-9(14)11-10(17-7)12-2-4-16-5-3-12/h6H,2-5H2,1H3/b7-6-. The van der Waals surface area contributed by atoms with Crippen molar-refractivity contribution in [2.75, 3.05) is 33.4 Å². The second-order valence-electron chi connectivity index (χ2n) is 3.43. The quantitative estimate of drug-likeness (QED) is 0.352. The first-order valence-electron chi connectivity index (χ1n) is 5.14. The molecular weight excluding hydrogens is 291 g/mol. The number of carbonyl (C=O) groups excluding carboxylic acids is 2. The zero-order chi connectivity index (χ0) is 12.3. The number of aliphatic imine (C=N–C) groups is 1. The SMILES string of the molecule is COC(=O)/C=C1\[Se]C(N2CCOCC2)=NC1=O. The molecule has 0 bridgehead atoms. The summed E-state index contributed by atoms with van der Waals surface area (Å²) in [5, 5.41) is 0. The summed E-state index contributed by atoms with van der Waals surface area (Å²) in [5.41, 5.74) is 0. The molecule has 17 heavy (non-hydrogen) atoms. The Labute approximate surface area is 105 Å². The van der Waals surface area contributed by atoms with Gasteiger partial charge in [-0.2, -0.15) is 0 Å². The summed E-state index contributed by atoms with van der Waals surface area (Å²) in [5.74, 6) is -0.828. The van der Waals surface area contributed by atoms with Gasteiger partial charge in [-0.25, -0.2) is 0 Å². The maximum atomic E-state index is 11.6.